The van der Waals surface area contributed by atoms with Crippen molar-refractivity contribution in [2.24, 2.45) is 0 Å². The van der Waals surface area contributed by atoms with Crippen LogP contribution in [0.5, 0.6) is 0 Å². The molecule has 3 heteroatoms. The second kappa shape index (κ2) is 3.70. The smallest absolute Gasteiger partial charge is 0.137 e. The largest absolute Gasteiger partial charge is 0.456 e. The summed E-state index contributed by atoms with van der Waals surface area (Å²) in [5, 5.41) is 0.922. The minimum absolute atomic E-state index is 0.221. The van der Waals surface area contributed by atoms with Gasteiger partial charge in [0.15, 0.2) is 0 Å². The summed E-state index contributed by atoms with van der Waals surface area (Å²) in [6, 6.07) is 8.66. The zero-order valence-electron chi connectivity index (χ0n) is 9.27. The van der Waals surface area contributed by atoms with Crippen LogP contribution < -0.4 is 0 Å². The van der Waals surface area contributed by atoms with E-state index in [9.17, 15) is 4.39 Å². The zero-order valence-corrected chi connectivity index (χ0v) is 9.27. The molecule has 0 fully saturated rings. The first-order valence-corrected chi connectivity index (χ1v) is 5.35. The molecule has 0 spiro atoms. The van der Waals surface area contributed by atoms with Gasteiger partial charge in [0, 0.05) is 23.3 Å². The Labute approximate surface area is 97.7 Å². The summed E-state index contributed by atoms with van der Waals surface area (Å²) in [5.74, 6) is 0.450. The molecule has 0 bridgehead atoms. The Morgan fingerprint density at radius 3 is 2.94 bits per heavy atom. The number of nitrogens with zero attached hydrogens (tertiary/aromatic N) is 1. The average Bonchev–Trinajstić information content (AvgIpc) is 2.76. The number of hydrogen-bond donors (Lipinski definition) is 0. The summed E-state index contributed by atoms with van der Waals surface area (Å²) in [4.78, 5) is 4.03. The first-order valence-electron chi connectivity index (χ1n) is 5.35. The van der Waals surface area contributed by atoms with Crippen molar-refractivity contribution < 1.29 is 8.81 Å². The molecule has 17 heavy (non-hydrogen) atoms. The number of aromatic nitrogens is 1. The molecule has 0 amide bonds. The second-order valence-electron chi connectivity index (χ2n) is 3.94. The van der Waals surface area contributed by atoms with Gasteiger partial charge < -0.3 is 4.42 Å². The third kappa shape index (κ3) is 1.60. The number of fused-ring (bicyclic) bond motifs is 1. The average molecular weight is 227 g/mol. The highest BCUT2D eigenvalue weighted by Crippen LogP contribution is 2.30. The molecular weight excluding hydrogens is 217 g/mol. The van der Waals surface area contributed by atoms with Gasteiger partial charge in [0.25, 0.3) is 0 Å². The molecule has 0 atom stereocenters. The minimum Gasteiger partial charge on any atom is -0.456 e. The molecule has 2 nitrogen and oxygen atoms in total. The van der Waals surface area contributed by atoms with Crippen molar-refractivity contribution in [1.29, 1.82) is 0 Å². The number of rotatable bonds is 1. The zero-order chi connectivity index (χ0) is 11.8. The van der Waals surface area contributed by atoms with Crippen LogP contribution in [-0.2, 0) is 0 Å². The minimum atomic E-state index is -0.221. The van der Waals surface area contributed by atoms with Crippen LogP contribution in [0.15, 0.2) is 47.1 Å². The summed E-state index contributed by atoms with van der Waals surface area (Å²) in [7, 11) is 0. The van der Waals surface area contributed by atoms with E-state index in [1.54, 1.807) is 31.5 Å². The van der Waals surface area contributed by atoms with Gasteiger partial charge in [-0.05, 0) is 30.7 Å². The Kier molecular flexibility index (Phi) is 2.18. The van der Waals surface area contributed by atoms with Crippen LogP contribution in [0.4, 0.5) is 4.39 Å². The summed E-state index contributed by atoms with van der Waals surface area (Å²) >= 11 is 0. The number of pyridine rings is 1. The highest BCUT2D eigenvalue weighted by Gasteiger charge is 2.10. The van der Waals surface area contributed by atoms with Gasteiger partial charge in [-0.1, -0.05) is 12.1 Å². The van der Waals surface area contributed by atoms with Crippen molar-refractivity contribution in [2.45, 2.75) is 6.92 Å². The maximum atomic E-state index is 13.5. The SMILES string of the molecule is Cc1c(F)cccc1-c1cc2cnccc2o1. The van der Waals surface area contributed by atoms with Gasteiger partial charge in [-0.3, -0.25) is 4.98 Å². The third-order valence-electron chi connectivity index (χ3n) is 2.85. The standard InChI is InChI=1S/C14H10FNO/c1-9-11(3-2-4-12(9)15)14-7-10-8-16-6-5-13(10)17-14/h2-8H,1H3. The number of halogens is 1. The van der Waals surface area contributed by atoms with Crippen LogP contribution in [0.25, 0.3) is 22.3 Å². The third-order valence-corrected chi connectivity index (χ3v) is 2.85. The molecule has 0 saturated heterocycles. The van der Waals surface area contributed by atoms with Crippen LogP contribution in [0, 0.1) is 12.7 Å². The van der Waals surface area contributed by atoms with E-state index in [0.717, 1.165) is 16.5 Å². The Balaban J connectivity index is 2.24. The molecule has 0 aliphatic heterocycles. The van der Waals surface area contributed by atoms with Crippen molar-refractivity contribution in [3.05, 3.63) is 54.1 Å². The van der Waals surface area contributed by atoms with E-state index in [-0.39, 0.29) is 5.82 Å². The van der Waals surface area contributed by atoms with E-state index in [0.29, 0.717) is 11.3 Å². The summed E-state index contributed by atoms with van der Waals surface area (Å²) in [6.45, 7) is 1.75. The fourth-order valence-electron chi connectivity index (χ4n) is 1.89. The molecule has 0 saturated carbocycles. The molecular formula is C14H10FNO. The van der Waals surface area contributed by atoms with Crippen molar-refractivity contribution in [3.8, 4) is 11.3 Å². The lowest BCUT2D eigenvalue weighted by atomic mass is 10.1. The summed E-state index contributed by atoms with van der Waals surface area (Å²) in [6.07, 6.45) is 3.41. The van der Waals surface area contributed by atoms with Gasteiger partial charge >= 0.3 is 0 Å². The topological polar surface area (TPSA) is 26.0 Å². The van der Waals surface area contributed by atoms with E-state index in [4.69, 9.17) is 4.42 Å². The fourth-order valence-corrected chi connectivity index (χ4v) is 1.89. The first-order chi connectivity index (χ1) is 8.25. The molecule has 3 rings (SSSR count). The Morgan fingerprint density at radius 2 is 2.12 bits per heavy atom. The molecule has 0 radical (unpaired) electrons. The molecule has 84 valence electrons. The van der Waals surface area contributed by atoms with Crippen molar-refractivity contribution in [3.63, 3.8) is 0 Å². The maximum absolute atomic E-state index is 13.5. The maximum Gasteiger partial charge on any atom is 0.137 e. The Bertz CT molecular complexity index is 655. The molecule has 0 N–H and O–H groups in total. The van der Waals surface area contributed by atoms with Crippen molar-refractivity contribution in [2.75, 3.05) is 0 Å². The lowest BCUT2D eigenvalue weighted by molar-refractivity contribution is 0.610. The highest BCUT2D eigenvalue weighted by molar-refractivity contribution is 5.82. The van der Waals surface area contributed by atoms with Crippen LogP contribution in [0.1, 0.15) is 5.56 Å². The summed E-state index contributed by atoms with van der Waals surface area (Å²) in [5.41, 5.74) is 2.14. The molecule has 1 aromatic carbocycles. The van der Waals surface area contributed by atoms with Gasteiger partial charge in [0.2, 0.25) is 0 Å². The number of furan rings is 1. The lowest BCUT2D eigenvalue weighted by Crippen LogP contribution is -1.85. The van der Waals surface area contributed by atoms with Gasteiger partial charge in [0.05, 0.1) is 0 Å². The van der Waals surface area contributed by atoms with E-state index in [1.165, 1.54) is 6.07 Å². The lowest BCUT2D eigenvalue weighted by Gasteiger charge is -2.02. The number of benzene rings is 1. The first kappa shape index (κ1) is 10.0. The van der Waals surface area contributed by atoms with Gasteiger partial charge in [-0.2, -0.15) is 0 Å². The normalized spacial score (nSPS) is 10.9. The molecule has 3 aromatic rings. The van der Waals surface area contributed by atoms with Gasteiger partial charge in [0.1, 0.15) is 17.2 Å². The molecule has 2 aromatic heterocycles. The van der Waals surface area contributed by atoms with Crippen LogP contribution in [0.2, 0.25) is 0 Å². The van der Waals surface area contributed by atoms with Crippen LogP contribution in [0.3, 0.4) is 0 Å². The van der Waals surface area contributed by atoms with Crippen molar-refractivity contribution >= 4 is 11.0 Å². The van der Waals surface area contributed by atoms with Gasteiger partial charge in [-0.25, -0.2) is 4.39 Å². The summed E-state index contributed by atoms with van der Waals surface area (Å²) < 4.78 is 19.1. The quantitative estimate of drug-likeness (QED) is 0.629. The second-order valence-corrected chi connectivity index (χ2v) is 3.94. The van der Waals surface area contributed by atoms with Crippen LogP contribution in [-0.4, -0.2) is 4.98 Å². The molecule has 0 aliphatic rings. The molecule has 0 aliphatic carbocycles. The van der Waals surface area contributed by atoms with Gasteiger partial charge in [-0.15, -0.1) is 0 Å². The number of hydrogen-bond acceptors (Lipinski definition) is 2. The Morgan fingerprint density at radius 1 is 1.24 bits per heavy atom. The van der Waals surface area contributed by atoms with E-state index in [1.807, 2.05) is 12.1 Å². The predicted molar refractivity (Wildman–Crippen MR) is 64.1 cm³/mol. The molecule has 2 heterocycles. The Hall–Kier alpha value is -2.16. The van der Waals surface area contributed by atoms with E-state index in [2.05, 4.69) is 4.98 Å². The predicted octanol–water partition coefficient (Wildman–Crippen LogP) is 3.94. The monoisotopic (exact) mass is 227 g/mol. The van der Waals surface area contributed by atoms with E-state index < -0.39 is 0 Å². The van der Waals surface area contributed by atoms with Crippen molar-refractivity contribution in [1.82, 2.24) is 4.98 Å². The highest BCUT2D eigenvalue weighted by atomic mass is 19.1. The van der Waals surface area contributed by atoms with E-state index >= 15 is 0 Å². The van der Waals surface area contributed by atoms with Crippen LogP contribution >= 0.6 is 0 Å². The molecule has 0 unspecified atom stereocenters. The fraction of sp³-hybridized carbons (Fsp3) is 0.0714.